The zero-order valence-electron chi connectivity index (χ0n) is 11.3. The molecule has 0 saturated heterocycles. The van der Waals surface area contributed by atoms with Gasteiger partial charge < -0.3 is 5.32 Å². The number of rotatable bonds is 5. The van der Waals surface area contributed by atoms with Gasteiger partial charge in [0.05, 0.1) is 5.02 Å². The lowest BCUT2D eigenvalue weighted by Crippen LogP contribution is -2.03. The summed E-state index contributed by atoms with van der Waals surface area (Å²) in [6.45, 7) is 4.89. The summed E-state index contributed by atoms with van der Waals surface area (Å²) in [5, 5.41) is 5.40. The predicted octanol–water partition coefficient (Wildman–Crippen LogP) is 4.93. The minimum atomic E-state index is 0.661. The molecule has 0 radical (unpaired) electrons. The maximum Gasteiger partial charge on any atom is 0.131 e. The third-order valence-electron chi connectivity index (χ3n) is 2.53. The van der Waals surface area contributed by atoms with Crippen molar-refractivity contribution in [2.75, 3.05) is 11.9 Å². The molecule has 6 heteroatoms. The fourth-order valence-electron chi connectivity index (χ4n) is 1.62. The Morgan fingerprint density at radius 3 is 2.65 bits per heavy atom. The van der Waals surface area contributed by atoms with Gasteiger partial charge in [-0.25, -0.2) is 9.97 Å². The Morgan fingerprint density at radius 2 is 1.95 bits per heavy atom. The molecule has 0 aliphatic rings. The number of nitrogens with one attached hydrogen (secondary N) is 1. The number of hydrogen-bond acceptors (Lipinski definition) is 4. The number of benzene rings is 1. The minimum Gasteiger partial charge on any atom is -0.370 e. The van der Waals surface area contributed by atoms with Gasteiger partial charge in [-0.1, -0.05) is 41.9 Å². The van der Waals surface area contributed by atoms with E-state index in [1.54, 1.807) is 12.1 Å². The molecule has 1 N–H and O–H groups in total. The van der Waals surface area contributed by atoms with Crippen LogP contribution in [-0.2, 0) is 6.42 Å². The Kier molecular flexibility index (Phi) is 5.52. The molecule has 1 aromatic heterocycles. The van der Waals surface area contributed by atoms with E-state index >= 15 is 0 Å². The molecule has 0 amide bonds. The zero-order valence-corrected chi connectivity index (χ0v) is 13.6. The van der Waals surface area contributed by atoms with E-state index in [1.807, 2.05) is 26.0 Å². The van der Waals surface area contributed by atoms with Crippen molar-refractivity contribution in [2.45, 2.75) is 30.2 Å². The van der Waals surface area contributed by atoms with Crippen molar-refractivity contribution < 1.29 is 0 Å². The summed E-state index contributed by atoms with van der Waals surface area (Å²) in [7, 11) is 0. The van der Waals surface area contributed by atoms with E-state index in [1.165, 1.54) is 11.8 Å². The topological polar surface area (TPSA) is 37.8 Å². The summed E-state index contributed by atoms with van der Waals surface area (Å²) in [6, 6.07) is 7.33. The van der Waals surface area contributed by atoms with E-state index < -0.39 is 0 Å². The van der Waals surface area contributed by atoms with Crippen LogP contribution in [0.1, 0.15) is 19.7 Å². The standard InChI is InChI=1S/C14H15Cl2N3S/c1-3-12-18-13(17-4-2)8-14(19-12)20-11-7-9(15)5-6-10(11)16/h5-8H,3-4H2,1-2H3,(H,17,18,19). The lowest BCUT2D eigenvalue weighted by molar-refractivity contribution is 0.887. The number of nitrogens with zero attached hydrogens (tertiary/aromatic N) is 2. The predicted molar refractivity (Wildman–Crippen MR) is 86.2 cm³/mol. The third-order valence-corrected chi connectivity index (χ3v) is 4.18. The van der Waals surface area contributed by atoms with Crippen molar-refractivity contribution in [1.82, 2.24) is 9.97 Å². The second-order valence-electron chi connectivity index (χ2n) is 4.07. The molecule has 0 aliphatic carbocycles. The van der Waals surface area contributed by atoms with Gasteiger partial charge in [0.25, 0.3) is 0 Å². The molecular weight excluding hydrogens is 313 g/mol. The van der Waals surface area contributed by atoms with Crippen molar-refractivity contribution >= 4 is 40.8 Å². The number of aryl methyl sites for hydroxylation is 1. The molecule has 0 bridgehead atoms. The maximum atomic E-state index is 6.18. The molecule has 0 atom stereocenters. The van der Waals surface area contributed by atoms with Gasteiger partial charge >= 0.3 is 0 Å². The first-order valence-electron chi connectivity index (χ1n) is 6.37. The molecule has 0 aliphatic heterocycles. The summed E-state index contributed by atoms with van der Waals surface area (Å²) in [6.07, 6.45) is 0.788. The average molecular weight is 328 g/mol. The van der Waals surface area contributed by atoms with Crippen molar-refractivity contribution in [2.24, 2.45) is 0 Å². The van der Waals surface area contributed by atoms with Crippen LogP contribution in [0.3, 0.4) is 0 Å². The Hall–Kier alpha value is -0.970. The van der Waals surface area contributed by atoms with Crippen LogP contribution in [0.5, 0.6) is 0 Å². The van der Waals surface area contributed by atoms with Gasteiger partial charge in [0.1, 0.15) is 16.7 Å². The second-order valence-corrected chi connectivity index (χ2v) is 5.97. The first kappa shape index (κ1) is 15.4. The first-order chi connectivity index (χ1) is 9.62. The SMILES string of the molecule is CCNc1cc(Sc2cc(Cl)ccc2Cl)nc(CC)n1. The van der Waals surface area contributed by atoms with Gasteiger partial charge in [0, 0.05) is 29.0 Å². The summed E-state index contributed by atoms with van der Waals surface area (Å²) in [4.78, 5) is 9.83. The molecular formula is C14H15Cl2N3S. The summed E-state index contributed by atoms with van der Waals surface area (Å²) in [5.41, 5.74) is 0. The van der Waals surface area contributed by atoms with E-state index in [0.29, 0.717) is 10.0 Å². The highest BCUT2D eigenvalue weighted by Crippen LogP contribution is 2.34. The van der Waals surface area contributed by atoms with Gasteiger partial charge in [-0.15, -0.1) is 0 Å². The van der Waals surface area contributed by atoms with Crippen LogP contribution >= 0.6 is 35.0 Å². The van der Waals surface area contributed by atoms with Crippen LogP contribution in [0, 0.1) is 0 Å². The molecule has 3 nitrogen and oxygen atoms in total. The average Bonchev–Trinajstić information content (AvgIpc) is 2.43. The quantitative estimate of drug-likeness (QED) is 0.790. The number of aromatic nitrogens is 2. The molecule has 20 heavy (non-hydrogen) atoms. The summed E-state index contributed by atoms with van der Waals surface area (Å²) in [5.74, 6) is 1.64. The van der Waals surface area contributed by atoms with Crippen LogP contribution in [0.25, 0.3) is 0 Å². The second kappa shape index (κ2) is 7.16. The monoisotopic (exact) mass is 327 g/mol. The zero-order chi connectivity index (χ0) is 14.5. The smallest absolute Gasteiger partial charge is 0.131 e. The molecule has 2 aromatic rings. The van der Waals surface area contributed by atoms with Crippen molar-refractivity contribution in [3.63, 3.8) is 0 Å². The molecule has 0 unspecified atom stereocenters. The van der Waals surface area contributed by atoms with Crippen molar-refractivity contribution in [3.8, 4) is 0 Å². The number of halogens is 2. The van der Waals surface area contributed by atoms with E-state index in [0.717, 1.165) is 34.5 Å². The van der Waals surface area contributed by atoms with Crippen molar-refractivity contribution in [3.05, 3.63) is 40.1 Å². The van der Waals surface area contributed by atoms with E-state index in [9.17, 15) is 0 Å². The molecule has 106 valence electrons. The Balaban J connectivity index is 2.32. The lowest BCUT2D eigenvalue weighted by Gasteiger charge is -2.08. The third kappa shape index (κ3) is 4.01. The Bertz CT molecular complexity index is 605. The minimum absolute atomic E-state index is 0.661. The fourth-order valence-corrected chi connectivity index (χ4v) is 2.99. The van der Waals surface area contributed by atoms with Crippen LogP contribution in [0.15, 0.2) is 34.2 Å². The van der Waals surface area contributed by atoms with Gasteiger partial charge in [0.2, 0.25) is 0 Å². The fraction of sp³-hybridized carbons (Fsp3) is 0.286. The van der Waals surface area contributed by atoms with E-state index in [2.05, 4.69) is 15.3 Å². The molecule has 0 saturated carbocycles. The van der Waals surface area contributed by atoms with E-state index in [-0.39, 0.29) is 0 Å². The highest BCUT2D eigenvalue weighted by molar-refractivity contribution is 7.99. The Morgan fingerprint density at radius 1 is 1.15 bits per heavy atom. The molecule has 2 rings (SSSR count). The molecule has 1 heterocycles. The van der Waals surface area contributed by atoms with Gasteiger partial charge in [-0.2, -0.15) is 0 Å². The molecule has 1 aromatic carbocycles. The van der Waals surface area contributed by atoms with Crippen LogP contribution in [0.4, 0.5) is 5.82 Å². The van der Waals surface area contributed by atoms with E-state index in [4.69, 9.17) is 23.2 Å². The van der Waals surface area contributed by atoms with Gasteiger partial charge in [-0.3, -0.25) is 0 Å². The highest BCUT2D eigenvalue weighted by atomic mass is 35.5. The largest absolute Gasteiger partial charge is 0.370 e. The van der Waals surface area contributed by atoms with Gasteiger partial charge in [-0.05, 0) is 25.1 Å². The molecule has 0 spiro atoms. The van der Waals surface area contributed by atoms with Crippen LogP contribution < -0.4 is 5.32 Å². The van der Waals surface area contributed by atoms with Crippen molar-refractivity contribution in [1.29, 1.82) is 0 Å². The first-order valence-corrected chi connectivity index (χ1v) is 7.94. The highest BCUT2D eigenvalue weighted by Gasteiger charge is 2.08. The molecule has 0 fully saturated rings. The lowest BCUT2D eigenvalue weighted by atomic mass is 10.4. The summed E-state index contributed by atoms with van der Waals surface area (Å²) >= 11 is 13.7. The van der Waals surface area contributed by atoms with Crippen LogP contribution in [-0.4, -0.2) is 16.5 Å². The Labute approximate surface area is 133 Å². The normalized spacial score (nSPS) is 10.6. The maximum absolute atomic E-state index is 6.18. The van der Waals surface area contributed by atoms with Crippen LogP contribution in [0.2, 0.25) is 10.0 Å². The number of anilines is 1. The number of hydrogen-bond donors (Lipinski definition) is 1. The summed E-state index contributed by atoms with van der Waals surface area (Å²) < 4.78 is 0. The van der Waals surface area contributed by atoms with Gasteiger partial charge in [0.15, 0.2) is 0 Å².